The molecule has 0 spiro atoms. The monoisotopic (exact) mass is 306 g/mol. The maximum absolute atomic E-state index is 11.9. The topological polar surface area (TPSA) is 59.3 Å². The van der Waals surface area contributed by atoms with Crippen molar-refractivity contribution in [2.24, 2.45) is 0 Å². The maximum atomic E-state index is 11.9. The summed E-state index contributed by atoms with van der Waals surface area (Å²) in [6.45, 7) is 0.561. The number of nitrogens with zero attached hydrogens (tertiary/aromatic N) is 3. The van der Waals surface area contributed by atoms with Crippen LogP contribution in [0.25, 0.3) is 4.96 Å². The molecule has 1 amide bonds. The average molecular weight is 307 g/mol. The van der Waals surface area contributed by atoms with E-state index in [2.05, 4.69) is 15.5 Å². The van der Waals surface area contributed by atoms with Gasteiger partial charge in [-0.25, -0.2) is 0 Å². The van der Waals surface area contributed by atoms with Crippen LogP contribution in [0.1, 0.15) is 16.1 Å². The molecule has 1 aromatic carbocycles. The smallest absolute Gasteiger partial charge is 0.251 e. The Labute approximate surface area is 124 Å². The molecule has 102 valence electrons. The minimum absolute atomic E-state index is 0.100. The van der Waals surface area contributed by atoms with Gasteiger partial charge < -0.3 is 5.32 Å². The normalized spacial score (nSPS) is 10.8. The van der Waals surface area contributed by atoms with Crippen LogP contribution in [0.5, 0.6) is 0 Å². The Balaban J connectivity index is 1.59. The first kappa shape index (κ1) is 13.1. The van der Waals surface area contributed by atoms with Crippen molar-refractivity contribution in [1.82, 2.24) is 19.9 Å². The SMILES string of the molecule is O=C(NCCc1csc2nncn12)c1ccc(Cl)cc1. The van der Waals surface area contributed by atoms with Crippen molar-refractivity contribution in [1.29, 1.82) is 0 Å². The molecule has 2 heterocycles. The van der Waals surface area contributed by atoms with E-state index in [0.717, 1.165) is 17.1 Å². The lowest BCUT2D eigenvalue weighted by Gasteiger charge is -2.04. The Bertz CT molecular complexity index is 734. The molecule has 0 unspecified atom stereocenters. The Hall–Kier alpha value is -1.92. The Morgan fingerprint density at radius 3 is 2.95 bits per heavy atom. The fourth-order valence-electron chi connectivity index (χ4n) is 1.87. The molecule has 0 aliphatic heterocycles. The van der Waals surface area contributed by atoms with E-state index in [1.54, 1.807) is 30.6 Å². The summed E-state index contributed by atoms with van der Waals surface area (Å²) in [5, 5.41) is 13.3. The van der Waals surface area contributed by atoms with E-state index in [1.165, 1.54) is 11.3 Å². The van der Waals surface area contributed by atoms with Crippen LogP contribution >= 0.6 is 22.9 Å². The number of fused-ring (bicyclic) bond motifs is 1. The summed E-state index contributed by atoms with van der Waals surface area (Å²) >= 11 is 7.33. The number of carbonyl (C=O) groups is 1. The molecular formula is C13H11ClN4OS. The number of benzene rings is 1. The fraction of sp³-hybridized carbons (Fsp3) is 0.154. The van der Waals surface area contributed by atoms with E-state index in [9.17, 15) is 4.79 Å². The first-order chi connectivity index (χ1) is 9.74. The highest BCUT2D eigenvalue weighted by Gasteiger charge is 2.07. The molecule has 3 aromatic rings. The van der Waals surface area contributed by atoms with Crippen LogP contribution in [-0.4, -0.2) is 27.0 Å². The van der Waals surface area contributed by atoms with Gasteiger partial charge in [-0.2, -0.15) is 0 Å². The van der Waals surface area contributed by atoms with E-state index in [4.69, 9.17) is 11.6 Å². The van der Waals surface area contributed by atoms with E-state index in [0.29, 0.717) is 17.1 Å². The van der Waals surface area contributed by atoms with Crippen LogP contribution in [0.2, 0.25) is 5.02 Å². The molecular weight excluding hydrogens is 296 g/mol. The molecule has 1 N–H and O–H groups in total. The highest BCUT2D eigenvalue weighted by molar-refractivity contribution is 7.15. The van der Waals surface area contributed by atoms with Crippen LogP contribution in [0.4, 0.5) is 0 Å². The van der Waals surface area contributed by atoms with Gasteiger partial charge in [-0.05, 0) is 24.3 Å². The van der Waals surface area contributed by atoms with Crippen molar-refractivity contribution in [2.75, 3.05) is 6.54 Å². The van der Waals surface area contributed by atoms with E-state index in [1.807, 2.05) is 9.78 Å². The fourth-order valence-corrected chi connectivity index (χ4v) is 2.84. The van der Waals surface area contributed by atoms with Crippen LogP contribution in [0.3, 0.4) is 0 Å². The second-order valence-corrected chi connectivity index (χ2v) is 5.50. The molecule has 0 fully saturated rings. The zero-order valence-corrected chi connectivity index (χ0v) is 12.0. The molecule has 20 heavy (non-hydrogen) atoms. The van der Waals surface area contributed by atoms with Crippen LogP contribution in [-0.2, 0) is 6.42 Å². The highest BCUT2D eigenvalue weighted by Crippen LogP contribution is 2.13. The van der Waals surface area contributed by atoms with Gasteiger partial charge in [0.15, 0.2) is 0 Å². The zero-order valence-electron chi connectivity index (χ0n) is 10.4. The molecule has 0 atom stereocenters. The first-order valence-corrected chi connectivity index (χ1v) is 7.29. The summed E-state index contributed by atoms with van der Waals surface area (Å²) in [5.74, 6) is -0.100. The van der Waals surface area contributed by atoms with E-state index < -0.39 is 0 Å². The Kier molecular flexibility index (Phi) is 3.66. The second kappa shape index (κ2) is 5.60. The number of hydrogen-bond acceptors (Lipinski definition) is 4. The lowest BCUT2D eigenvalue weighted by Crippen LogP contribution is -2.25. The summed E-state index contributed by atoms with van der Waals surface area (Å²) in [5.41, 5.74) is 1.69. The van der Waals surface area contributed by atoms with Crippen molar-refractivity contribution in [3.63, 3.8) is 0 Å². The first-order valence-electron chi connectivity index (χ1n) is 6.04. The summed E-state index contributed by atoms with van der Waals surface area (Å²) in [6.07, 6.45) is 2.42. The van der Waals surface area contributed by atoms with Crippen molar-refractivity contribution < 1.29 is 4.79 Å². The van der Waals surface area contributed by atoms with Gasteiger partial charge in [0.25, 0.3) is 5.91 Å². The molecule has 0 aliphatic carbocycles. The third-order valence-electron chi connectivity index (χ3n) is 2.90. The van der Waals surface area contributed by atoms with Crippen molar-refractivity contribution >= 4 is 33.8 Å². The second-order valence-electron chi connectivity index (χ2n) is 4.22. The molecule has 3 rings (SSSR count). The number of hydrogen-bond donors (Lipinski definition) is 1. The average Bonchev–Trinajstić information content (AvgIpc) is 3.04. The highest BCUT2D eigenvalue weighted by atomic mass is 35.5. The number of aromatic nitrogens is 3. The molecule has 0 saturated carbocycles. The predicted molar refractivity (Wildman–Crippen MR) is 78.4 cm³/mol. The number of nitrogens with one attached hydrogen (secondary N) is 1. The minimum Gasteiger partial charge on any atom is -0.352 e. The maximum Gasteiger partial charge on any atom is 0.251 e. The molecule has 0 aliphatic rings. The number of rotatable bonds is 4. The summed E-state index contributed by atoms with van der Waals surface area (Å²) < 4.78 is 1.93. The van der Waals surface area contributed by atoms with Gasteiger partial charge in [-0.3, -0.25) is 9.20 Å². The van der Waals surface area contributed by atoms with Crippen LogP contribution < -0.4 is 5.32 Å². The third-order valence-corrected chi connectivity index (χ3v) is 4.03. The third kappa shape index (κ3) is 2.66. The molecule has 0 bridgehead atoms. The van der Waals surface area contributed by atoms with Gasteiger partial charge >= 0.3 is 0 Å². The number of carbonyl (C=O) groups excluding carboxylic acids is 1. The predicted octanol–water partition coefficient (Wildman–Crippen LogP) is 2.42. The van der Waals surface area contributed by atoms with Gasteiger partial charge in [0.2, 0.25) is 4.96 Å². The molecule has 7 heteroatoms. The quantitative estimate of drug-likeness (QED) is 0.805. The van der Waals surface area contributed by atoms with Gasteiger partial charge in [-0.15, -0.1) is 21.5 Å². The zero-order chi connectivity index (χ0) is 13.9. The standard InChI is InChI=1S/C13H11ClN4OS/c14-10-3-1-9(2-4-10)12(19)15-6-5-11-7-20-13-17-16-8-18(11)13/h1-4,7-8H,5-6H2,(H,15,19). The van der Waals surface area contributed by atoms with Crippen LogP contribution in [0.15, 0.2) is 36.0 Å². The summed E-state index contributed by atoms with van der Waals surface area (Å²) in [4.78, 5) is 12.8. The molecule has 0 radical (unpaired) electrons. The molecule has 0 saturated heterocycles. The molecule has 2 aromatic heterocycles. The van der Waals surface area contributed by atoms with Crippen molar-refractivity contribution in [2.45, 2.75) is 6.42 Å². The van der Waals surface area contributed by atoms with Gasteiger partial charge in [0.1, 0.15) is 6.33 Å². The lowest BCUT2D eigenvalue weighted by atomic mass is 10.2. The summed E-state index contributed by atoms with van der Waals surface area (Å²) in [7, 11) is 0. The van der Waals surface area contributed by atoms with Gasteiger partial charge in [0.05, 0.1) is 0 Å². The lowest BCUT2D eigenvalue weighted by molar-refractivity contribution is 0.0954. The number of halogens is 1. The van der Waals surface area contributed by atoms with Crippen molar-refractivity contribution in [3.05, 3.63) is 52.3 Å². The Morgan fingerprint density at radius 2 is 2.15 bits per heavy atom. The Morgan fingerprint density at radius 1 is 1.35 bits per heavy atom. The van der Waals surface area contributed by atoms with Gasteiger partial charge in [0, 0.05) is 34.6 Å². The number of thiazole rings is 1. The van der Waals surface area contributed by atoms with E-state index >= 15 is 0 Å². The largest absolute Gasteiger partial charge is 0.352 e. The van der Waals surface area contributed by atoms with E-state index in [-0.39, 0.29) is 5.91 Å². The van der Waals surface area contributed by atoms with Crippen LogP contribution in [0, 0.1) is 0 Å². The minimum atomic E-state index is -0.100. The summed E-state index contributed by atoms with van der Waals surface area (Å²) in [6, 6.07) is 6.83. The van der Waals surface area contributed by atoms with Crippen molar-refractivity contribution in [3.8, 4) is 0 Å². The number of amides is 1. The van der Waals surface area contributed by atoms with Gasteiger partial charge in [-0.1, -0.05) is 11.6 Å². The molecule has 5 nitrogen and oxygen atoms in total.